The maximum Gasteiger partial charge on any atom is 0.0710 e. The fourth-order valence-electron chi connectivity index (χ4n) is 2.81. The van der Waals surface area contributed by atoms with Crippen molar-refractivity contribution in [1.29, 1.82) is 0 Å². The van der Waals surface area contributed by atoms with Crippen LogP contribution in [-0.2, 0) is 9.47 Å². The molecule has 2 saturated heterocycles. The maximum absolute atomic E-state index is 6.05. The van der Waals surface area contributed by atoms with E-state index in [-0.39, 0.29) is 0 Å². The molecular weight excluding hydrogens is 216 g/mol. The van der Waals surface area contributed by atoms with E-state index in [1.807, 2.05) is 7.11 Å². The molecule has 0 amide bonds. The molecular formula is C13H26N2O2. The zero-order valence-electron chi connectivity index (χ0n) is 11.2. The van der Waals surface area contributed by atoms with E-state index in [9.17, 15) is 0 Å². The van der Waals surface area contributed by atoms with Crippen molar-refractivity contribution in [3.8, 4) is 0 Å². The zero-order chi connectivity index (χ0) is 12.1. The molecule has 0 aromatic carbocycles. The highest BCUT2D eigenvalue weighted by molar-refractivity contribution is 4.82. The molecule has 2 aliphatic rings. The van der Waals surface area contributed by atoms with Crippen LogP contribution in [0.15, 0.2) is 0 Å². The summed E-state index contributed by atoms with van der Waals surface area (Å²) in [6, 6.07) is 0. The molecule has 2 fully saturated rings. The van der Waals surface area contributed by atoms with E-state index in [4.69, 9.17) is 9.47 Å². The van der Waals surface area contributed by atoms with Gasteiger partial charge in [0.1, 0.15) is 0 Å². The van der Waals surface area contributed by atoms with Crippen molar-refractivity contribution in [2.24, 2.45) is 0 Å². The van der Waals surface area contributed by atoms with Crippen LogP contribution >= 0.6 is 0 Å². The van der Waals surface area contributed by atoms with E-state index in [0.717, 1.165) is 32.7 Å². The van der Waals surface area contributed by atoms with Crippen LogP contribution in [0.1, 0.15) is 26.2 Å². The van der Waals surface area contributed by atoms with Gasteiger partial charge < -0.3 is 14.8 Å². The van der Waals surface area contributed by atoms with E-state index in [1.54, 1.807) is 0 Å². The Hall–Kier alpha value is -0.160. The third-order valence-electron chi connectivity index (χ3n) is 3.84. The standard InChI is InChI=1S/C13H26N2O2/c1-3-14-8-11-4-5-13(17-11)10-15-7-6-12(9-15)16-2/h11-14H,3-10H2,1-2H3. The quantitative estimate of drug-likeness (QED) is 0.749. The number of hydrogen-bond acceptors (Lipinski definition) is 4. The number of nitrogens with zero attached hydrogens (tertiary/aromatic N) is 1. The fourth-order valence-corrected chi connectivity index (χ4v) is 2.81. The lowest BCUT2D eigenvalue weighted by molar-refractivity contribution is 0.0241. The van der Waals surface area contributed by atoms with Gasteiger partial charge in [0.25, 0.3) is 0 Å². The molecule has 3 atom stereocenters. The molecule has 0 aliphatic carbocycles. The van der Waals surface area contributed by atoms with Crippen LogP contribution in [0.2, 0.25) is 0 Å². The first-order valence-corrected chi connectivity index (χ1v) is 6.93. The highest BCUT2D eigenvalue weighted by Crippen LogP contribution is 2.22. The topological polar surface area (TPSA) is 33.7 Å². The highest BCUT2D eigenvalue weighted by atomic mass is 16.5. The molecule has 1 N–H and O–H groups in total. The van der Waals surface area contributed by atoms with E-state index in [0.29, 0.717) is 18.3 Å². The van der Waals surface area contributed by atoms with Gasteiger partial charge in [0.2, 0.25) is 0 Å². The van der Waals surface area contributed by atoms with Gasteiger partial charge in [-0.15, -0.1) is 0 Å². The van der Waals surface area contributed by atoms with Crippen LogP contribution in [0.3, 0.4) is 0 Å². The molecule has 0 spiro atoms. The molecule has 0 aromatic heterocycles. The summed E-state index contributed by atoms with van der Waals surface area (Å²) in [6.45, 7) is 7.51. The van der Waals surface area contributed by atoms with Crippen LogP contribution in [0.25, 0.3) is 0 Å². The van der Waals surface area contributed by atoms with Crippen molar-refractivity contribution < 1.29 is 9.47 Å². The van der Waals surface area contributed by atoms with Crippen molar-refractivity contribution in [2.45, 2.75) is 44.5 Å². The van der Waals surface area contributed by atoms with Crippen molar-refractivity contribution >= 4 is 0 Å². The Morgan fingerprint density at radius 3 is 2.82 bits per heavy atom. The first kappa shape index (κ1) is 13.3. The van der Waals surface area contributed by atoms with E-state index >= 15 is 0 Å². The summed E-state index contributed by atoms with van der Waals surface area (Å²) in [5.41, 5.74) is 0. The Morgan fingerprint density at radius 2 is 2.12 bits per heavy atom. The van der Waals surface area contributed by atoms with Gasteiger partial charge in [-0.05, 0) is 25.8 Å². The lowest BCUT2D eigenvalue weighted by atomic mass is 10.2. The molecule has 4 nitrogen and oxygen atoms in total. The van der Waals surface area contributed by atoms with Crippen LogP contribution in [-0.4, -0.2) is 63.0 Å². The minimum atomic E-state index is 0.431. The Morgan fingerprint density at radius 1 is 1.29 bits per heavy atom. The van der Waals surface area contributed by atoms with Crippen LogP contribution in [0, 0.1) is 0 Å². The third kappa shape index (κ3) is 3.91. The summed E-state index contributed by atoms with van der Waals surface area (Å²) in [6.07, 6.45) is 4.90. The summed E-state index contributed by atoms with van der Waals surface area (Å²) >= 11 is 0. The molecule has 2 heterocycles. The molecule has 2 rings (SSSR count). The first-order chi connectivity index (χ1) is 8.31. The van der Waals surface area contributed by atoms with Crippen LogP contribution in [0.5, 0.6) is 0 Å². The Bertz CT molecular complexity index is 225. The molecule has 4 heteroatoms. The van der Waals surface area contributed by atoms with E-state index in [2.05, 4.69) is 17.1 Å². The minimum absolute atomic E-state index is 0.431. The number of hydrogen-bond donors (Lipinski definition) is 1. The lowest BCUT2D eigenvalue weighted by Crippen LogP contribution is -2.33. The van der Waals surface area contributed by atoms with Gasteiger partial charge in [-0.2, -0.15) is 0 Å². The Kier molecular flexibility index (Phi) is 5.22. The van der Waals surface area contributed by atoms with Gasteiger partial charge in [0, 0.05) is 33.3 Å². The Labute approximate surface area is 105 Å². The van der Waals surface area contributed by atoms with Crippen molar-refractivity contribution in [3.63, 3.8) is 0 Å². The molecule has 0 saturated carbocycles. The number of likely N-dealkylation sites (tertiary alicyclic amines) is 1. The number of rotatable bonds is 6. The monoisotopic (exact) mass is 242 g/mol. The predicted molar refractivity (Wildman–Crippen MR) is 68.3 cm³/mol. The van der Waals surface area contributed by atoms with Gasteiger partial charge in [-0.3, -0.25) is 4.90 Å². The lowest BCUT2D eigenvalue weighted by Gasteiger charge is -2.21. The number of nitrogens with one attached hydrogen (secondary N) is 1. The third-order valence-corrected chi connectivity index (χ3v) is 3.84. The second-order valence-electron chi connectivity index (χ2n) is 5.17. The second kappa shape index (κ2) is 6.69. The van der Waals surface area contributed by atoms with Gasteiger partial charge in [-0.1, -0.05) is 6.92 Å². The minimum Gasteiger partial charge on any atom is -0.380 e. The summed E-state index contributed by atoms with van der Waals surface area (Å²) in [5, 5.41) is 3.36. The average Bonchev–Trinajstić information content (AvgIpc) is 2.96. The summed E-state index contributed by atoms with van der Waals surface area (Å²) in [4.78, 5) is 2.48. The fraction of sp³-hybridized carbons (Fsp3) is 1.00. The van der Waals surface area contributed by atoms with Crippen molar-refractivity contribution in [2.75, 3.05) is 39.8 Å². The van der Waals surface area contributed by atoms with Crippen LogP contribution in [0.4, 0.5) is 0 Å². The number of ether oxygens (including phenoxy) is 2. The van der Waals surface area contributed by atoms with Crippen molar-refractivity contribution in [1.82, 2.24) is 10.2 Å². The molecule has 3 unspecified atom stereocenters. The van der Waals surface area contributed by atoms with E-state index < -0.39 is 0 Å². The van der Waals surface area contributed by atoms with Crippen molar-refractivity contribution in [3.05, 3.63) is 0 Å². The first-order valence-electron chi connectivity index (χ1n) is 6.93. The SMILES string of the molecule is CCNCC1CCC(CN2CCC(OC)C2)O1. The molecule has 17 heavy (non-hydrogen) atoms. The summed E-state index contributed by atoms with van der Waals surface area (Å²) in [5.74, 6) is 0. The summed E-state index contributed by atoms with van der Waals surface area (Å²) in [7, 11) is 1.81. The van der Waals surface area contributed by atoms with Gasteiger partial charge in [-0.25, -0.2) is 0 Å². The van der Waals surface area contributed by atoms with Crippen LogP contribution < -0.4 is 5.32 Å². The second-order valence-corrected chi connectivity index (χ2v) is 5.17. The normalized spacial score (nSPS) is 34.6. The molecule has 0 radical (unpaired) electrons. The predicted octanol–water partition coefficient (Wildman–Crippen LogP) is 0.864. The maximum atomic E-state index is 6.05. The molecule has 100 valence electrons. The molecule has 0 aromatic rings. The van der Waals surface area contributed by atoms with E-state index in [1.165, 1.54) is 19.3 Å². The van der Waals surface area contributed by atoms with Gasteiger partial charge in [0.15, 0.2) is 0 Å². The smallest absolute Gasteiger partial charge is 0.0710 e. The molecule has 2 aliphatic heterocycles. The number of likely N-dealkylation sites (N-methyl/N-ethyl adjacent to an activating group) is 1. The Balaban J connectivity index is 1.64. The summed E-state index contributed by atoms with van der Waals surface area (Å²) < 4.78 is 11.4. The molecule has 0 bridgehead atoms. The largest absolute Gasteiger partial charge is 0.380 e. The highest BCUT2D eigenvalue weighted by Gasteiger charge is 2.29. The van der Waals surface area contributed by atoms with Gasteiger partial charge in [0.05, 0.1) is 18.3 Å². The van der Waals surface area contributed by atoms with Gasteiger partial charge >= 0.3 is 0 Å². The average molecular weight is 242 g/mol. The zero-order valence-corrected chi connectivity index (χ0v) is 11.2. The number of methoxy groups -OCH3 is 1.